The maximum atomic E-state index is 11.9. The van der Waals surface area contributed by atoms with Gasteiger partial charge in [0.25, 0.3) is 0 Å². The Bertz CT molecular complexity index is 368. The number of nitrogens with one attached hydrogen (secondary N) is 3. The number of anilines is 1. The second-order valence-electron chi connectivity index (χ2n) is 4.52. The quantitative estimate of drug-likeness (QED) is 0.741. The predicted molar refractivity (Wildman–Crippen MR) is 66.9 cm³/mol. The van der Waals surface area contributed by atoms with E-state index < -0.39 is 0 Å². The summed E-state index contributed by atoms with van der Waals surface area (Å²) in [5.74, 6) is 0.657. The molecular weight excluding hydrogens is 216 g/mol. The predicted octanol–water partition coefficient (Wildman–Crippen LogP) is 1.44. The van der Waals surface area contributed by atoms with Crippen molar-refractivity contribution in [2.45, 2.75) is 45.1 Å². The highest BCUT2D eigenvalue weighted by Gasteiger charge is 2.20. The lowest BCUT2D eigenvalue weighted by Gasteiger charge is -2.21. The van der Waals surface area contributed by atoms with Gasteiger partial charge in [0.15, 0.2) is 5.82 Å². The van der Waals surface area contributed by atoms with Crippen molar-refractivity contribution in [1.82, 2.24) is 15.5 Å². The van der Waals surface area contributed by atoms with E-state index in [1.807, 2.05) is 6.07 Å². The monoisotopic (exact) mass is 236 g/mol. The minimum Gasteiger partial charge on any atom is -0.308 e. The van der Waals surface area contributed by atoms with Gasteiger partial charge in [-0.15, -0.1) is 0 Å². The molecule has 94 valence electrons. The number of amides is 1. The molecule has 1 fully saturated rings. The van der Waals surface area contributed by atoms with E-state index in [2.05, 4.69) is 27.8 Å². The van der Waals surface area contributed by atoms with Crippen LogP contribution in [0.2, 0.25) is 0 Å². The van der Waals surface area contributed by atoms with Crippen LogP contribution in [0.1, 0.15) is 38.3 Å². The van der Waals surface area contributed by atoms with Crippen LogP contribution in [0.25, 0.3) is 0 Å². The molecule has 3 N–H and O–H groups in total. The van der Waals surface area contributed by atoms with Crippen molar-refractivity contribution in [3.8, 4) is 0 Å². The Morgan fingerprint density at radius 2 is 2.47 bits per heavy atom. The van der Waals surface area contributed by atoms with E-state index in [1.165, 1.54) is 0 Å². The summed E-state index contributed by atoms with van der Waals surface area (Å²) in [5.41, 5.74) is 1.07. The van der Waals surface area contributed by atoms with Crippen molar-refractivity contribution in [2.24, 2.45) is 0 Å². The summed E-state index contributed by atoms with van der Waals surface area (Å²) in [6, 6.07) is 1.85. The molecule has 1 aromatic heterocycles. The van der Waals surface area contributed by atoms with Gasteiger partial charge in [0.1, 0.15) is 0 Å². The van der Waals surface area contributed by atoms with Crippen molar-refractivity contribution in [2.75, 3.05) is 11.9 Å². The summed E-state index contributed by atoms with van der Waals surface area (Å²) in [6.45, 7) is 3.05. The van der Waals surface area contributed by atoms with E-state index in [9.17, 15) is 4.79 Å². The molecule has 0 saturated carbocycles. The second kappa shape index (κ2) is 5.82. The van der Waals surface area contributed by atoms with Gasteiger partial charge >= 0.3 is 0 Å². The van der Waals surface area contributed by atoms with Gasteiger partial charge in [-0.05, 0) is 25.8 Å². The summed E-state index contributed by atoms with van der Waals surface area (Å²) >= 11 is 0. The van der Waals surface area contributed by atoms with Crippen LogP contribution in [0, 0.1) is 0 Å². The smallest absolute Gasteiger partial charge is 0.242 e. The van der Waals surface area contributed by atoms with Crippen molar-refractivity contribution in [3.63, 3.8) is 0 Å². The molecule has 0 spiro atoms. The number of H-pyrrole nitrogens is 1. The minimum atomic E-state index is -0.0601. The molecule has 1 amide bonds. The van der Waals surface area contributed by atoms with Gasteiger partial charge in [-0.25, -0.2) is 0 Å². The van der Waals surface area contributed by atoms with Gasteiger partial charge in [-0.2, -0.15) is 5.10 Å². The van der Waals surface area contributed by atoms with Crippen LogP contribution in [0.4, 0.5) is 5.82 Å². The lowest BCUT2D eigenvalue weighted by Crippen LogP contribution is -2.43. The van der Waals surface area contributed by atoms with Crippen LogP contribution in [-0.4, -0.2) is 28.7 Å². The number of nitrogens with zero attached hydrogens (tertiary/aromatic N) is 1. The van der Waals surface area contributed by atoms with Crippen LogP contribution in [0.15, 0.2) is 6.07 Å². The average molecular weight is 236 g/mol. The van der Waals surface area contributed by atoms with Gasteiger partial charge < -0.3 is 10.6 Å². The highest BCUT2D eigenvalue weighted by molar-refractivity contribution is 5.94. The molecule has 0 bridgehead atoms. The molecule has 0 radical (unpaired) electrons. The van der Waals surface area contributed by atoms with E-state index in [-0.39, 0.29) is 11.9 Å². The molecule has 1 aliphatic heterocycles. The maximum Gasteiger partial charge on any atom is 0.242 e. The first-order chi connectivity index (χ1) is 8.29. The Labute approximate surface area is 101 Å². The molecular formula is C12H20N4O. The van der Waals surface area contributed by atoms with Crippen LogP contribution < -0.4 is 10.6 Å². The molecule has 2 rings (SSSR count). The topological polar surface area (TPSA) is 69.8 Å². The van der Waals surface area contributed by atoms with E-state index in [1.54, 1.807) is 0 Å². The van der Waals surface area contributed by atoms with E-state index in [0.29, 0.717) is 5.82 Å². The molecule has 0 aliphatic carbocycles. The first kappa shape index (κ1) is 12.1. The number of aromatic amines is 1. The number of carbonyl (C=O) groups is 1. The number of aromatic nitrogens is 2. The fourth-order valence-corrected chi connectivity index (χ4v) is 2.11. The molecule has 1 aromatic rings. The van der Waals surface area contributed by atoms with E-state index in [0.717, 1.165) is 44.3 Å². The number of rotatable bonds is 4. The van der Waals surface area contributed by atoms with Gasteiger partial charge in [0, 0.05) is 11.8 Å². The Hall–Kier alpha value is -1.36. The summed E-state index contributed by atoms with van der Waals surface area (Å²) < 4.78 is 0. The highest BCUT2D eigenvalue weighted by Crippen LogP contribution is 2.11. The number of carbonyl (C=O) groups excluding carboxylic acids is 1. The van der Waals surface area contributed by atoms with Gasteiger partial charge in [-0.3, -0.25) is 9.89 Å². The Balaban J connectivity index is 1.88. The normalized spacial score (nSPS) is 20.2. The maximum absolute atomic E-state index is 11.9. The third-order valence-electron chi connectivity index (χ3n) is 3.03. The minimum absolute atomic E-state index is 0.0271. The van der Waals surface area contributed by atoms with Crippen molar-refractivity contribution in [1.29, 1.82) is 0 Å². The average Bonchev–Trinajstić information content (AvgIpc) is 2.78. The third-order valence-corrected chi connectivity index (χ3v) is 3.03. The van der Waals surface area contributed by atoms with Crippen LogP contribution >= 0.6 is 0 Å². The summed E-state index contributed by atoms with van der Waals surface area (Å²) in [5, 5.41) is 13.1. The van der Waals surface area contributed by atoms with Crippen LogP contribution in [-0.2, 0) is 11.2 Å². The summed E-state index contributed by atoms with van der Waals surface area (Å²) in [6.07, 6.45) is 5.22. The fourth-order valence-electron chi connectivity index (χ4n) is 2.11. The lowest BCUT2D eigenvalue weighted by molar-refractivity contribution is -0.118. The van der Waals surface area contributed by atoms with Gasteiger partial charge in [0.05, 0.1) is 6.04 Å². The molecule has 1 aliphatic rings. The Kier molecular flexibility index (Phi) is 4.14. The van der Waals surface area contributed by atoms with Crippen molar-refractivity contribution >= 4 is 11.7 Å². The zero-order chi connectivity index (χ0) is 12.1. The summed E-state index contributed by atoms with van der Waals surface area (Å²) in [4.78, 5) is 11.9. The molecule has 17 heavy (non-hydrogen) atoms. The SMILES string of the molecule is CCCc1cc(NC(=O)[C@@H]2CCCCN2)n[nH]1. The Morgan fingerprint density at radius 1 is 1.59 bits per heavy atom. The zero-order valence-corrected chi connectivity index (χ0v) is 10.3. The van der Waals surface area contributed by atoms with Gasteiger partial charge in [0.2, 0.25) is 5.91 Å². The van der Waals surface area contributed by atoms with E-state index >= 15 is 0 Å². The third kappa shape index (κ3) is 3.30. The molecule has 0 unspecified atom stereocenters. The molecule has 0 aromatic carbocycles. The molecule has 2 heterocycles. The number of hydrogen-bond acceptors (Lipinski definition) is 3. The van der Waals surface area contributed by atoms with Gasteiger partial charge in [-0.1, -0.05) is 19.8 Å². The van der Waals surface area contributed by atoms with Crippen LogP contribution in [0.5, 0.6) is 0 Å². The first-order valence-corrected chi connectivity index (χ1v) is 6.38. The molecule has 1 saturated heterocycles. The fraction of sp³-hybridized carbons (Fsp3) is 0.667. The van der Waals surface area contributed by atoms with Crippen molar-refractivity contribution < 1.29 is 4.79 Å². The molecule has 1 atom stereocenters. The van der Waals surface area contributed by atoms with E-state index in [4.69, 9.17) is 0 Å². The second-order valence-corrected chi connectivity index (χ2v) is 4.52. The summed E-state index contributed by atoms with van der Waals surface area (Å²) in [7, 11) is 0. The number of piperidine rings is 1. The largest absolute Gasteiger partial charge is 0.308 e. The lowest BCUT2D eigenvalue weighted by atomic mass is 10.0. The number of hydrogen-bond donors (Lipinski definition) is 3. The van der Waals surface area contributed by atoms with Crippen molar-refractivity contribution in [3.05, 3.63) is 11.8 Å². The molecule has 5 heteroatoms. The standard InChI is InChI=1S/C12H20N4O/c1-2-5-9-8-11(16-15-9)14-12(17)10-6-3-4-7-13-10/h8,10,13H,2-7H2,1H3,(H2,14,15,16,17)/t10-/m0/s1. The molecule has 5 nitrogen and oxygen atoms in total. The van der Waals surface area contributed by atoms with Crippen LogP contribution in [0.3, 0.4) is 0 Å². The zero-order valence-electron chi connectivity index (χ0n) is 10.3. The number of aryl methyl sites for hydroxylation is 1. The highest BCUT2D eigenvalue weighted by atomic mass is 16.2. The Morgan fingerprint density at radius 3 is 3.18 bits per heavy atom. The first-order valence-electron chi connectivity index (χ1n) is 6.38.